The van der Waals surface area contributed by atoms with E-state index in [0.29, 0.717) is 0 Å². The van der Waals surface area contributed by atoms with Crippen LogP contribution >= 0.6 is 8.25 Å². The first-order chi connectivity index (χ1) is 7.70. The van der Waals surface area contributed by atoms with Crippen LogP contribution in [0.4, 0.5) is 0 Å². The first kappa shape index (κ1) is 12.5. The van der Waals surface area contributed by atoms with Gasteiger partial charge in [0.2, 0.25) is 0 Å². The minimum absolute atomic E-state index is 1.28. The van der Waals surface area contributed by atoms with Crippen molar-refractivity contribution in [2.24, 2.45) is 0 Å². The van der Waals surface area contributed by atoms with Crippen molar-refractivity contribution in [1.29, 1.82) is 0 Å². The SMILES string of the molecule is O=[P+](O)O.c1ccc(-c2ccccc2)cc1. The van der Waals surface area contributed by atoms with Gasteiger partial charge in [-0.15, -0.1) is 9.79 Å². The van der Waals surface area contributed by atoms with Gasteiger partial charge < -0.3 is 0 Å². The molecule has 0 aliphatic rings. The van der Waals surface area contributed by atoms with Gasteiger partial charge in [0, 0.05) is 4.57 Å². The van der Waals surface area contributed by atoms with E-state index in [2.05, 4.69) is 48.5 Å². The molecule has 0 aliphatic heterocycles. The molecule has 0 atom stereocenters. The van der Waals surface area contributed by atoms with E-state index in [1.165, 1.54) is 11.1 Å². The largest absolute Gasteiger partial charge is 0.692 e. The molecule has 16 heavy (non-hydrogen) atoms. The van der Waals surface area contributed by atoms with Crippen molar-refractivity contribution in [2.75, 3.05) is 0 Å². The lowest BCUT2D eigenvalue weighted by Gasteiger charge is -1.98. The Hall–Kier alpha value is -1.54. The molecule has 0 heterocycles. The monoisotopic (exact) mass is 235 g/mol. The third kappa shape index (κ3) is 4.80. The van der Waals surface area contributed by atoms with Gasteiger partial charge in [0.25, 0.3) is 0 Å². The molecule has 0 bridgehead atoms. The van der Waals surface area contributed by atoms with Gasteiger partial charge >= 0.3 is 8.25 Å². The van der Waals surface area contributed by atoms with Crippen LogP contribution in [0.2, 0.25) is 0 Å². The Kier molecular flexibility index (Phi) is 5.37. The fourth-order valence-electron chi connectivity index (χ4n) is 1.26. The van der Waals surface area contributed by atoms with Crippen LogP contribution in [0.25, 0.3) is 11.1 Å². The van der Waals surface area contributed by atoms with Crippen molar-refractivity contribution in [3.05, 3.63) is 60.7 Å². The van der Waals surface area contributed by atoms with E-state index in [1.807, 2.05) is 12.1 Å². The number of rotatable bonds is 1. The fourth-order valence-corrected chi connectivity index (χ4v) is 1.26. The van der Waals surface area contributed by atoms with Crippen LogP contribution < -0.4 is 0 Å². The summed E-state index contributed by atoms with van der Waals surface area (Å²) in [7, 11) is -2.87. The molecule has 2 rings (SSSR count). The van der Waals surface area contributed by atoms with Gasteiger partial charge in [-0.2, -0.15) is 0 Å². The lowest BCUT2D eigenvalue weighted by Crippen LogP contribution is -1.73. The standard InChI is InChI=1S/C12H10.HO3P/c1-3-7-11(8-4-1)12-9-5-2-6-10-12;1-4(2)3/h1-10H;(H-,1,2,3)/p+1. The Balaban J connectivity index is 0.000000280. The molecule has 0 spiro atoms. The van der Waals surface area contributed by atoms with Crippen molar-refractivity contribution in [2.45, 2.75) is 0 Å². The third-order valence-corrected chi connectivity index (χ3v) is 1.88. The normalized spacial score (nSPS) is 8.88. The van der Waals surface area contributed by atoms with Crippen molar-refractivity contribution < 1.29 is 14.4 Å². The highest BCUT2D eigenvalue weighted by atomic mass is 31.1. The lowest BCUT2D eigenvalue weighted by atomic mass is 10.1. The second-order valence-corrected chi connectivity index (χ2v) is 3.49. The summed E-state index contributed by atoms with van der Waals surface area (Å²) < 4.78 is 8.70. The summed E-state index contributed by atoms with van der Waals surface area (Å²) in [6.07, 6.45) is 0. The minimum atomic E-state index is -2.87. The molecule has 0 amide bonds. The molecule has 0 aliphatic carbocycles. The van der Waals surface area contributed by atoms with Gasteiger partial charge in [0.05, 0.1) is 0 Å². The molecule has 0 radical (unpaired) electrons. The van der Waals surface area contributed by atoms with Gasteiger partial charge in [0.1, 0.15) is 0 Å². The van der Waals surface area contributed by atoms with Crippen LogP contribution in [-0.4, -0.2) is 9.79 Å². The summed E-state index contributed by atoms with van der Waals surface area (Å²) in [5.74, 6) is 0. The Morgan fingerprint density at radius 3 is 1.19 bits per heavy atom. The highest BCUT2D eigenvalue weighted by molar-refractivity contribution is 7.30. The Morgan fingerprint density at radius 1 is 0.688 bits per heavy atom. The smallest absolute Gasteiger partial charge is 0.134 e. The van der Waals surface area contributed by atoms with Gasteiger partial charge in [-0.1, -0.05) is 60.7 Å². The van der Waals surface area contributed by atoms with Crippen molar-refractivity contribution in [1.82, 2.24) is 0 Å². The summed E-state index contributed by atoms with van der Waals surface area (Å²) in [4.78, 5) is 14.2. The zero-order valence-corrected chi connectivity index (χ0v) is 9.42. The van der Waals surface area contributed by atoms with E-state index in [4.69, 9.17) is 14.4 Å². The molecule has 0 fully saturated rings. The zero-order chi connectivity index (χ0) is 11.8. The Morgan fingerprint density at radius 2 is 0.938 bits per heavy atom. The highest BCUT2D eigenvalue weighted by Gasteiger charge is 1.93. The van der Waals surface area contributed by atoms with Crippen LogP contribution in [0.5, 0.6) is 0 Å². The second kappa shape index (κ2) is 6.85. The molecule has 0 saturated carbocycles. The summed E-state index contributed by atoms with van der Waals surface area (Å²) >= 11 is 0. The van der Waals surface area contributed by atoms with Crippen molar-refractivity contribution >= 4 is 8.25 Å². The topological polar surface area (TPSA) is 57.5 Å². The zero-order valence-electron chi connectivity index (χ0n) is 8.52. The molecular formula is C12H12O3P+. The highest BCUT2D eigenvalue weighted by Crippen LogP contribution is 2.17. The van der Waals surface area contributed by atoms with E-state index < -0.39 is 8.25 Å². The van der Waals surface area contributed by atoms with Crippen LogP contribution in [0.15, 0.2) is 60.7 Å². The summed E-state index contributed by atoms with van der Waals surface area (Å²) in [5, 5.41) is 0. The van der Waals surface area contributed by atoms with E-state index >= 15 is 0 Å². The summed E-state index contributed by atoms with van der Waals surface area (Å²) in [5.41, 5.74) is 2.55. The van der Waals surface area contributed by atoms with Gasteiger partial charge in [-0.25, -0.2) is 0 Å². The van der Waals surface area contributed by atoms with E-state index in [0.717, 1.165) is 0 Å². The van der Waals surface area contributed by atoms with E-state index in [9.17, 15) is 0 Å². The Bertz CT molecular complexity index is 387. The summed E-state index contributed by atoms with van der Waals surface area (Å²) in [6.45, 7) is 0. The predicted octanol–water partition coefficient (Wildman–Crippen LogP) is 2.98. The Labute approximate surface area is 95.0 Å². The maximum atomic E-state index is 8.70. The fraction of sp³-hybridized carbons (Fsp3) is 0. The first-order valence-electron chi connectivity index (χ1n) is 4.65. The molecule has 0 aromatic heterocycles. The third-order valence-electron chi connectivity index (χ3n) is 1.88. The number of hydrogen-bond donors (Lipinski definition) is 2. The number of benzene rings is 2. The van der Waals surface area contributed by atoms with Gasteiger partial charge in [-0.05, 0) is 11.1 Å². The average Bonchev–Trinajstić information content (AvgIpc) is 2.31. The van der Waals surface area contributed by atoms with Crippen LogP contribution in [0.1, 0.15) is 0 Å². The van der Waals surface area contributed by atoms with Crippen LogP contribution in [-0.2, 0) is 4.57 Å². The predicted molar refractivity (Wildman–Crippen MR) is 63.9 cm³/mol. The lowest BCUT2D eigenvalue weighted by molar-refractivity contribution is 0.405. The molecule has 82 valence electrons. The van der Waals surface area contributed by atoms with Gasteiger partial charge in [-0.3, -0.25) is 0 Å². The van der Waals surface area contributed by atoms with Crippen LogP contribution in [0, 0.1) is 0 Å². The number of hydrogen-bond acceptors (Lipinski definition) is 1. The molecule has 0 unspecified atom stereocenters. The molecule has 2 aromatic carbocycles. The molecule has 0 saturated heterocycles. The quantitative estimate of drug-likeness (QED) is 0.747. The second-order valence-electron chi connectivity index (χ2n) is 2.98. The van der Waals surface area contributed by atoms with E-state index in [1.54, 1.807) is 0 Å². The van der Waals surface area contributed by atoms with E-state index in [-0.39, 0.29) is 0 Å². The molecule has 2 N–H and O–H groups in total. The maximum Gasteiger partial charge on any atom is 0.692 e. The maximum absolute atomic E-state index is 8.70. The summed E-state index contributed by atoms with van der Waals surface area (Å²) in [6, 6.07) is 20.8. The molecule has 4 heteroatoms. The molecule has 2 aromatic rings. The van der Waals surface area contributed by atoms with Crippen LogP contribution in [0.3, 0.4) is 0 Å². The average molecular weight is 235 g/mol. The van der Waals surface area contributed by atoms with Gasteiger partial charge in [0.15, 0.2) is 0 Å². The minimum Gasteiger partial charge on any atom is -0.134 e. The molecular weight excluding hydrogens is 223 g/mol. The van der Waals surface area contributed by atoms with Crippen molar-refractivity contribution in [3.63, 3.8) is 0 Å². The van der Waals surface area contributed by atoms with Crippen molar-refractivity contribution in [3.8, 4) is 11.1 Å². The first-order valence-corrected chi connectivity index (χ1v) is 5.82. The molecule has 3 nitrogen and oxygen atoms in total.